The highest BCUT2D eigenvalue weighted by Crippen LogP contribution is 2.71. The topological polar surface area (TPSA) is 80.5 Å². The molecule has 2 aromatic heterocycles. The van der Waals surface area contributed by atoms with Gasteiger partial charge in [-0.3, -0.25) is 4.79 Å². The van der Waals surface area contributed by atoms with Crippen molar-refractivity contribution in [1.29, 1.82) is 0 Å². The number of hydrogen-bond donors (Lipinski definition) is 1. The first-order valence-electron chi connectivity index (χ1n) is 10.8. The number of ether oxygens (including phenoxy) is 1. The van der Waals surface area contributed by atoms with Crippen LogP contribution >= 0.6 is 0 Å². The second kappa shape index (κ2) is 6.85. The first-order valence-corrected chi connectivity index (χ1v) is 10.8. The highest BCUT2D eigenvalue weighted by Gasteiger charge is 2.76. The molecular weight excluding hydrogens is 437 g/mol. The number of oxazole rings is 1. The van der Waals surface area contributed by atoms with E-state index in [2.05, 4.69) is 15.3 Å². The Morgan fingerprint density at radius 1 is 1.30 bits per heavy atom. The van der Waals surface area contributed by atoms with E-state index in [0.29, 0.717) is 36.2 Å². The van der Waals surface area contributed by atoms with Gasteiger partial charge in [-0.25, -0.2) is 9.97 Å². The zero-order valence-electron chi connectivity index (χ0n) is 17.7. The van der Waals surface area contributed by atoms with Gasteiger partial charge in [0.2, 0.25) is 11.8 Å². The average Bonchev–Trinajstić information content (AvgIpc) is 3.14. The molecule has 6 rings (SSSR count). The smallest absolute Gasteiger partial charge is 0.417 e. The third-order valence-corrected chi connectivity index (χ3v) is 7.23. The van der Waals surface area contributed by atoms with Crippen molar-refractivity contribution in [3.8, 4) is 5.88 Å². The van der Waals surface area contributed by atoms with Crippen LogP contribution in [-0.4, -0.2) is 46.0 Å². The summed E-state index contributed by atoms with van der Waals surface area (Å²) in [5.74, 6) is 0.796. The van der Waals surface area contributed by atoms with Crippen molar-refractivity contribution in [2.75, 3.05) is 13.1 Å². The van der Waals surface area contributed by atoms with Crippen LogP contribution in [0.5, 0.6) is 5.88 Å². The van der Waals surface area contributed by atoms with E-state index in [4.69, 9.17) is 9.15 Å². The minimum absolute atomic E-state index is 0.0523. The van der Waals surface area contributed by atoms with Crippen molar-refractivity contribution < 1.29 is 27.1 Å². The molecule has 4 unspecified atom stereocenters. The average molecular weight is 458 g/mol. The lowest BCUT2D eigenvalue weighted by Crippen LogP contribution is -2.59. The van der Waals surface area contributed by atoms with Crippen LogP contribution in [0.4, 0.5) is 13.2 Å². The molecule has 4 atom stereocenters. The summed E-state index contributed by atoms with van der Waals surface area (Å²) in [6.07, 6.45) is 2.69. The molecule has 0 radical (unpaired) electrons. The van der Waals surface area contributed by atoms with Crippen LogP contribution in [0.2, 0.25) is 0 Å². The number of dihydropyridines is 1. The highest BCUT2D eigenvalue weighted by molar-refractivity contribution is 6.04. The number of aromatic nitrogens is 2. The number of carbonyl (C=O) groups is 1. The summed E-state index contributed by atoms with van der Waals surface area (Å²) < 4.78 is 49.9. The fourth-order valence-corrected chi connectivity index (χ4v) is 5.58. The Hall–Kier alpha value is -3.30. The van der Waals surface area contributed by atoms with Crippen LogP contribution in [-0.2, 0) is 11.0 Å². The molecule has 0 aromatic carbocycles. The monoisotopic (exact) mass is 458 g/mol. The fourth-order valence-electron chi connectivity index (χ4n) is 5.58. The molecule has 1 saturated heterocycles. The Morgan fingerprint density at radius 3 is 2.85 bits per heavy atom. The minimum atomic E-state index is -4.45. The lowest BCUT2D eigenvalue weighted by Gasteiger charge is -2.47. The third kappa shape index (κ3) is 3.14. The van der Waals surface area contributed by atoms with E-state index in [9.17, 15) is 18.0 Å². The Balaban J connectivity index is 1.25. The van der Waals surface area contributed by atoms with E-state index in [1.165, 1.54) is 18.5 Å². The van der Waals surface area contributed by atoms with E-state index in [0.717, 1.165) is 30.7 Å². The third-order valence-electron chi connectivity index (χ3n) is 7.23. The van der Waals surface area contributed by atoms with E-state index in [-0.39, 0.29) is 29.3 Å². The van der Waals surface area contributed by atoms with Gasteiger partial charge in [-0.2, -0.15) is 13.2 Å². The number of likely N-dealkylation sites (tertiary alicyclic amines) is 1. The number of hydrogen-bond acceptors (Lipinski definition) is 6. The maximum atomic E-state index is 13.7. The molecule has 2 aliphatic heterocycles. The van der Waals surface area contributed by atoms with Crippen molar-refractivity contribution in [3.05, 3.63) is 59.5 Å². The zero-order chi connectivity index (χ0) is 23.0. The van der Waals surface area contributed by atoms with Crippen LogP contribution < -0.4 is 10.1 Å². The zero-order valence-corrected chi connectivity index (χ0v) is 17.7. The van der Waals surface area contributed by atoms with Gasteiger partial charge < -0.3 is 19.4 Å². The molecule has 10 heteroatoms. The molecule has 2 aromatic rings. The summed E-state index contributed by atoms with van der Waals surface area (Å²) in [6.45, 7) is 3.18. The summed E-state index contributed by atoms with van der Waals surface area (Å²) in [5.41, 5.74) is 1.31. The molecule has 4 heterocycles. The molecular formula is C23H21F3N4O3. The van der Waals surface area contributed by atoms with Crippen LogP contribution in [0, 0.1) is 11.3 Å². The predicted octanol–water partition coefficient (Wildman–Crippen LogP) is 3.42. The second-order valence-corrected chi connectivity index (χ2v) is 9.25. The van der Waals surface area contributed by atoms with Gasteiger partial charge >= 0.3 is 6.18 Å². The SMILES string of the molecule is CC1=CC(C(=O)N2CC3CC34CC(Oc3ccc(C(F)(F)F)cn3)C24)=C(c2ncco2)NC1. The van der Waals surface area contributed by atoms with Gasteiger partial charge in [0.05, 0.1) is 23.4 Å². The van der Waals surface area contributed by atoms with Gasteiger partial charge in [-0.1, -0.05) is 5.57 Å². The predicted molar refractivity (Wildman–Crippen MR) is 109 cm³/mol. The molecule has 2 saturated carbocycles. The highest BCUT2D eigenvalue weighted by atomic mass is 19.4. The molecule has 1 amide bonds. The first kappa shape index (κ1) is 20.3. The number of halogens is 3. The van der Waals surface area contributed by atoms with Crippen molar-refractivity contribution in [2.24, 2.45) is 11.3 Å². The van der Waals surface area contributed by atoms with Crippen molar-refractivity contribution in [2.45, 2.75) is 38.1 Å². The van der Waals surface area contributed by atoms with E-state index in [1.807, 2.05) is 17.9 Å². The van der Waals surface area contributed by atoms with Crippen LogP contribution in [0.15, 0.2) is 52.4 Å². The first-order chi connectivity index (χ1) is 15.8. The number of piperidine rings is 1. The minimum Gasteiger partial charge on any atom is -0.472 e. The van der Waals surface area contributed by atoms with Gasteiger partial charge in [0.1, 0.15) is 18.1 Å². The molecule has 1 N–H and O–H groups in total. The number of nitrogens with one attached hydrogen (secondary N) is 1. The summed E-state index contributed by atoms with van der Waals surface area (Å²) in [6, 6.07) is 2.07. The van der Waals surface area contributed by atoms with Crippen molar-refractivity contribution in [3.63, 3.8) is 0 Å². The summed E-state index contributed by atoms with van der Waals surface area (Å²) in [4.78, 5) is 23.6. The van der Waals surface area contributed by atoms with Gasteiger partial charge in [0.15, 0.2) is 0 Å². The molecule has 4 aliphatic rings. The molecule has 0 bridgehead atoms. The molecule has 2 aliphatic carbocycles. The lowest BCUT2D eigenvalue weighted by molar-refractivity contribution is -0.138. The molecule has 172 valence electrons. The van der Waals surface area contributed by atoms with E-state index >= 15 is 0 Å². The van der Waals surface area contributed by atoms with Crippen molar-refractivity contribution in [1.82, 2.24) is 20.2 Å². The summed E-state index contributed by atoms with van der Waals surface area (Å²) in [7, 11) is 0. The molecule has 3 fully saturated rings. The van der Waals surface area contributed by atoms with E-state index < -0.39 is 11.7 Å². The maximum absolute atomic E-state index is 13.7. The number of nitrogens with zero attached hydrogens (tertiary/aromatic N) is 3. The molecule has 7 nitrogen and oxygen atoms in total. The number of rotatable bonds is 4. The van der Waals surface area contributed by atoms with Gasteiger partial charge in [0.25, 0.3) is 5.91 Å². The van der Waals surface area contributed by atoms with Gasteiger partial charge in [-0.05, 0) is 37.8 Å². The van der Waals surface area contributed by atoms with E-state index in [1.54, 1.807) is 0 Å². The normalized spacial score (nSPS) is 30.1. The standard InChI is InChI=1S/C23H21F3N4O3/c1-12-6-15(18(29-9-12)20-27-4-5-32-20)21(31)30-11-14-7-22(14)8-16(19(22)30)33-17-3-2-13(10-28-17)23(24,25)26/h2-6,10,14,16,19,29H,7-9,11H2,1H3. The fraction of sp³-hybridized carbons (Fsp3) is 0.435. The Labute approximate surface area is 187 Å². The number of alkyl halides is 3. The Kier molecular flexibility index (Phi) is 4.22. The number of carbonyl (C=O) groups excluding carboxylic acids is 1. The number of amides is 1. The molecule has 33 heavy (non-hydrogen) atoms. The summed E-state index contributed by atoms with van der Waals surface area (Å²) in [5, 5.41) is 3.23. The van der Waals surface area contributed by atoms with Crippen LogP contribution in [0.3, 0.4) is 0 Å². The van der Waals surface area contributed by atoms with Crippen molar-refractivity contribution >= 4 is 11.6 Å². The van der Waals surface area contributed by atoms with Crippen LogP contribution in [0.1, 0.15) is 31.2 Å². The number of pyridine rings is 1. The molecule has 1 spiro atoms. The Bertz CT molecular complexity index is 1170. The largest absolute Gasteiger partial charge is 0.472 e. The lowest BCUT2D eigenvalue weighted by atomic mass is 9.73. The maximum Gasteiger partial charge on any atom is 0.417 e. The second-order valence-electron chi connectivity index (χ2n) is 9.25. The Morgan fingerprint density at radius 2 is 2.15 bits per heavy atom. The summed E-state index contributed by atoms with van der Waals surface area (Å²) >= 11 is 0. The quantitative estimate of drug-likeness (QED) is 0.757. The van der Waals surface area contributed by atoms with Crippen LogP contribution in [0.25, 0.3) is 5.70 Å². The van der Waals surface area contributed by atoms with Gasteiger partial charge in [-0.15, -0.1) is 0 Å². The van der Waals surface area contributed by atoms with Gasteiger partial charge in [0, 0.05) is 30.8 Å².